The lowest BCUT2D eigenvalue weighted by Crippen LogP contribution is -2.50. The number of hydrogen-bond acceptors (Lipinski definition) is 3. The minimum atomic E-state index is -0.623. The molecule has 110 valence electrons. The topological polar surface area (TPSA) is 89.4 Å². The Balaban J connectivity index is 0.00000200. The zero-order valence-electron chi connectivity index (χ0n) is 11.2. The van der Waals surface area contributed by atoms with Crippen LogP contribution in [0.15, 0.2) is 30.3 Å². The van der Waals surface area contributed by atoms with Gasteiger partial charge < -0.3 is 16.4 Å². The van der Waals surface area contributed by atoms with Crippen molar-refractivity contribution in [1.29, 1.82) is 0 Å². The summed E-state index contributed by atoms with van der Waals surface area (Å²) in [5.74, 6) is -0.636. The molecule has 2 atom stereocenters. The minimum absolute atomic E-state index is 0. The molecule has 0 aromatic heterocycles. The second-order valence-corrected chi connectivity index (χ2v) is 4.89. The lowest BCUT2D eigenvalue weighted by atomic mass is 10.1. The maximum Gasteiger partial charge on any atom is 0.240 e. The summed E-state index contributed by atoms with van der Waals surface area (Å²) in [5.41, 5.74) is 12.3. The molecule has 0 radical (unpaired) electrons. The Morgan fingerprint density at radius 1 is 1.30 bits per heavy atom. The number of carbonyl (C=O) groups is 2. The van der Waals surface area contributed by atoms with Crippen molar-refractivity contribution >= 4 is 28.8 Å². The highest BCUT2D eigenvalue weighted by Crippen LogP contribution is 2.18. The van der Waals surface area contributed by atoms with E-state index in [4.69, 9.17) is 11.5 Å². The first-order valence-corrected chi connectivity index (χ1v) is 6.49. The summed E-state index contributed by atoms with van der Waals surface area (Å²) in [5, 5.41) is 0. The fraction of sp³-hybridized carbons (Fsp3) is 0.429. The number of carbonyl (C=O) groups excluding carboxylic acids is 2. The summed E-state index contributed by atoms with van der Waals surface area (Å²) in [4.78, 5) is 25.1. The van der Waals surface area contributed by atoms with Crippen molar-refractivity contribution in [2.75, 3.05) is 6.54 Å². The Morgan fingerprint density at radius 2 is 1.95 bits per heavy atom. The van der Waals surface area contributed by atoms with Crippen molar-refractivity contribution in [2.45, 2.75) is 31.3 Å². The summed E-state index contributed by atoms with van der Waals surface area (Å²) >= 11 is 0. The fourth-order valence-corrected chi connectivity index (χ4v) is 2.49. The molecule has 0 spiro atoms. The van der Waals surface area contributed by atoms with Crippen LogP contribution in [0.1, 0.15) is 18.4 Å². The molecule has 5 nitrogen and oxygen atoms in total. The normalized spacial score (nSPS) is 19.2. The minimum Gasteiger partial charge on any atom is -0.368 e. The second-order valence-electron chi connectivity index (χ2n) is 4.89. The van der Waals surface area contributed by atoms with Crippen LogP contribution in [0.3, 0.4) is 0 Å². The van der Waals surface area contributed by atoms with Crippen LogP contribution in [0.25, 0.3) is 0 Å². The van der Waals surface area contributed by atoms with Gasteiger partial charge in [0.2, 0.25) is 11.8 Å². The molecule has 1 aromatic rings. The standard InChI is InChI=1S/C14H19N3O2.BrH/c15-11(9-10-5-2-1-3-6-10)14(19)17-8-4-7-12(17)13(16)18;/h1-3,5-6,11-12H,4,7-9,15H2,(H2,16,18);1H/t11-,12-;/m0./s1. The van der Waals surface area contributed by atoms with Gasteiger partial charge in [-0.1, -0.05) is 30.3 Å². The van der Waals surface area contributed by atoms with Crippen LogP contribution in [0, 0.1) is 0 Å². The molecular formula is C14H20BrN3O2. The Hall–Kier alpha value is -1.40. The smallest absolute Gasteiger partial charge is 0.240 e. The van der Waals surface area contributed by atoms with Gasteiger partial charge in [0, 0.05) is 6.54 Å². The number of halogens is 1. The number of nitrogens with zero attached hydrogens (tertiary/aromatic N) is 1. The van der Waals surface area contributed by atoms with Gasteiger partial charge in [-0.05, 0) is 24.8 Å². The van der Waals surface area contributed by atoms with Crippen LogP contribution in [-0.2, 0) is 16.0 Å². The first kappa shape index (κ1) is 16.7. The third kappa shape index (κ3) is 3.80. The summed E-state index contributed by atoms with van der Waals surface area (Å²) in [6.45, 7) is 0.564. The largest absolute Gasteiger partial charge is 0.368 e. The highest BCUT2D eigenvalue weighted by atomic mass is 79.9. The Bertz CT molecular complexity index is 467. The molecule has 4 N–H and O–H groups in total. The van der Waals surface area contributed by atoms with Gasteiger partial charge in [-0.25, -0.2) is 0 Å². The lowest BCUT2D eigenvalue weighted by Gasteiger charge is -2.25. The molecule has 1 fully saturated rings. The number of amides is 2. The van der Waals surface area contributed by atoms with Gasteiger partial charge in [0.05, 0.1) is 6.04 Å². The van der Waals surface area contributed by atoms with E-state index in [0.717, 1.165) is 12.0 Å². The molecule has 20 heavy (non-hydrogen) atoms. The number of benzene rings is 1. The van der Waals surface area contributed by atoms with E-state index >= 15 is 0 Å². The molecule has 1 heterocycles. The van der Waals surface area contributed by atoms with Gasteiger partial charge in [0.15, 0.2) is 0 Å². The fourth-order valence-electron chi connectivity index (χ4n) is 2.49. The van der Waals surface area contributed by atoms with Crippen LogP contribution in [0.2, 0.25) is 0 Å². The molecule has 0 saturated carbocycles. The highest BCUT2D eigenvalue weighted by molar-refractivity contribution is 8.93. The number of likely N-dealkylation sites (tertiary alicyclic amines) is 1. The Labute approximate surface area is 129 Å². The lowest BCUT2D eigenvalue weighted by molar-refractivity contribution is -0.138. The molecule has 0 unspecified atom stereocenters. The van der Waals surface area contributed by atoms with Gasteiger partial charge in [-0.15, -0.1) is 17.0 Å². The van der Waals surface area contributed by atoms with Gasteiger partial charge in [0.1, 0.15) is 6.04 Å². The number of hydrogen-bond donors (Lipinski definition) is 2. The average Bonchev–Trinajstić information content (AvgIpc) is 2.88. The van der Waals surface area contributed by atoms with Crippen LogP contribution < -0.4 is 11.5 Å². The van der Waals surface area contributed by atoms with Crippen LogP contribution >= 0.6 is 17.0 Å². The average molecular weight is 342 g/mol. The van der Waals surface area contributed by atoms with E-state index in [0.29, 0.717) is 19.4 Å². The molecule has 1 aliphatic rings. The van der Waals surface area contributed by atoms with E-state index in [1.54, 1.807) is 0 Å². The quantitative estimate of drug-likeness (QED) is 0.840. The first-order valence-electron chi connectivity index (χ1n) is 6.49. The number of nitrogens with two attached hydrogens (primary N) is 2. The molecule has 1 aliphatic heterocycles. The van der Waals surface area contributed by atoms with E-state index in [2.05, 4.69) is 0 Å². The molecule has 2 amide bonds. The number of rotatable bonds is 4. The highest BCUT2D eigenvalue weighted by Gasteiger charge is 2.34. The van der Waals surface area contributed by atoms with Crippen molar-refractivity contribution in [3.63, 3.8) is 0 Å². The van der Waals surface area contributed by atoms with Crippen molar-refractivity contribution < 1.29 is 9.59 Å². The SMILES string of the molecule is Br.NC(=O)[C@@H]1CCCN1C(=O)[C@@H](N)Cc1ccccc1. The van der Waals surface area contributed by atoms with Crippen LogP contribution in [0.5, 0.6) is 0 Å². The molecule has 1 aromatic carbocycles. The maximum atomic E-state index is 12.3. The van der Waals surface area contributed by atoms with Gasteiger partial charge in [0.25, 0.3) is 0 Å². The predicted octanol–water partition coefficient (Wildman–Crippen LogP) is 0.611. The maximum absolute atomic E-state index is 12.3. The molecule has 0 bridgehead atoms. The van der Waals surface area contributed by atoms with Crippen molar-refractivity contribution in [2.24, 2.45) is 11.5 Å². The third-order valence-electron chi connectivity index (χ3n) is 3.48. The molecule has 1 saturated heterocycles. The van der Waals surface area contributed by atoms with Crippen molar-refractivity contribution in [3.8, 4) is 0 Å². The molecule has 2 rings (SSSR count). The van der Waals surface area contributed by atoms with Gasteiger partial charge in [-0.3, -0.25) is 9.59 Å². The van der Waals surface area contributed by atoms with E-state index < -0.39 is 18.0 Å². The summed E-state index contributed by atoms with van der Waals surface area (Å²) < 4.78 is 0. The summed E-state index contributed by atoms with van der Waals surface area (Å²) in [7, 11) is 0. The molecule has 6 heteroatoms. The third-order valence-corrected chi connectivity index (χ3v) is 3.48. The zero-order chi connectivity index (χ0) is 13.8. The van der Waals surface area contributed by atoms with E-state index in [-0.39, 0.29) is 22.9 Å². The number of primary amides is 1. The predicted molar refractivity (Wildman–Crippen MR) is 82.4 cm³/mol. The van der Waals surface area contributed by atoms with Crippen LogP contribution in [0.4, 0.5) is 0 Å². The van der Waals surface area contributed by atoms with E-state index in [1.807, 2.05) is 30.3 Å². The Morgan fingerprint density at radius 3 is 2.55 bits per heavy atom. The monoisotopic (exact) mass is 341 g/mol. The van der Waals surface area contributed by atoms with Crippen molar-refractivity contribution in [3.05, 3.63) is 35.9 Å². The summed E-state index contributed by atoms with van der Waals surface area (Å²) in [6, 6.07) is 8.49. The van der Waals surface area contributed by atoms with E-state index in [9.17, 15) is 9.59 Å². The molecule has 0 aliphatic carbocycles. The van der Waals surface area contributed by atoms with Crippen molar-refractivity contribution in [1.82, 2.24) is 4.90 Å². The second kappa shape index (κ2) is 7.40. The van der Waals surface area contributed by atoms with Gasteiger partial charge >= 0.3 is 0 Å². The Kier molecular flexibility index (Phi) is 6.16. The first-order chi connectivity index (χ1) is 9.09. The van der Waals surface area contributed by atoms with E-state index in [1.165, 1.54) is 4.90 Å². The zero-order valence-corrected chi connectivity index (χ0v) is 12.9. The van der Waals surface area contributed by atoms with Crippen LogP contribution in [-0.4, -0.2) is 35.3 Å². The summed E-state index contributed by atoms with van der Waals surface area (Å²) in [6.07, 6.45) is 1.91. The molecular weight excluding hydrogens is 322 g/mol. The van der Waals surface area contributed by atoms with Gasteiger partial charge in [-0.2, -0.15) is 0 Å².